The van der Waals surface area contributed by atoms with Gasteiger partial charge in [0, 0.05) is 37.8 Å². The van der Waals surface area contributed by atoms with Gasteiger partial charge in [0.2, 0.25) is 0 Å². The van der Waals surface area contributed by atoms with Crippen molar-refractivity contribution >= 4 is 32.6 Å². The van der Waals surface area contributed by atoms with E-state index in [4.69, 9.17) is 23.9 Å². The maximum atomic E-state index is 13.7. The van der Waals surface area contributed by atoms with Gasteiger partial charge in [0.1, 0.15) is 17.2 Å². The number of aromatic nitrogens is 1. The lowest BCUT2D eigenvalue weighted by Crippen LogP contribution is -2.43. The van der Waals surface area contributed by atoms with Gasteiger partial charge in [-0.15, -0.1) is 0 Å². The summed E-state index contributed by atoms with van der Waals surface area (Å²) in [6.07, 6.45) is 0. The maximum Gasteiger partial charge on any atom is 0.260 e. The van der Waals surface area contributed by atoms with Gasteiger partial charge in [-0.1, -0.05) is 11.3 Å². The molecule has 4 rings (SSSR count). The molecule has 0 spiro atoms. The molecule has 0 bridgehead atoms. The highest BCUT2D eigenvalue weighted by Gasteiger charge is 2.24. The number of fused-ring (bicyclic) bond motifs is 1. The van der Waals surface area contributed by atoms with Gasteiger partial charge in [-0.3, -0.25) is 14.6 Å². The average Bonchev–Trinajstić information content (AvgIpc) is 3.27. The van der Waals surface area contributed by atoms with Gasteiger partial charge in [-0.05, 0) is 30.3 Å². The van der Waals surface area contributed by atoms with Crippen LogP contribution in [0.25, 0.3) is 10.2 Å². The van der Waals surface area contributed by atoms with E-state index in [1.54, 1.807) is 44.4 Å². The van der Waals surface area contributed by atoms with E-state index in [1.165, 1.54) is 11.3 Å². The highest BCUT2D eigenvalue weighted by Crippen LogP contribution is 2.33. The number of nitrogens with zero attached hydrogens (tertiary/aromatic N) is 3. The first-order valence-electron chi connectivity index (χ1n) is 10.4. The number of carbonyl (C=O) groups is 1. The summed E-state index contributed by atoms with van der Waals surface area (Å²) in [5.74, 6) is 1.74. The Balaban J connectivity index is 1.67. The molecule has 0 saturated carbocycles. The van der Waals surface area contributed by atoms with Crippen LogP contribution in [0.2, 0.25) is 0 Å². The standard InChI is InChI=1S/C23H27N3O5S/c1-28-17-4-5-20-21(15-17)32-23(24-20)26(7-6-25-8-10-31-11-9-25)22(27)16-12-18(29-2)14-19(13-16)30-3/h4-5,12-15H,6-11H2,1-3H3. The van der Waals surface area contributed by atoms with Gasteiger partial charge < -0.3 is 18.9 Å². The van der Waals surface area contributed by atoms with Crippen molar-refractivity contribution < 1.29 is 23.7 Å². The van der Waals surface area contributed by atoms with Crippen molar-refractivity contribution in [2.45, 2.75) is 0 Å². The molecule has 1 fully saturated rings. The number of methoxy groups -OCH3 is 3. The first-order chi connectivity index (χ1) is 15.6. The molecule has 3 aromatic rings. The van der Waals surface area contributed by atoms with Crippen LogP contribution in [-0.2, 0) is 4.74 Å². The molecule has 2 heterocycles. The second-order valence-corrected chi connectivity index (χ2v) is 8.35. The van der Waals surface area contributed by atoms with Crippen molar-refractivity contribution in [2.24, 2.45) is 0 Å². The van der Waals surface area contributed by atoms with Gasteiger partial charge in [-0.2, -0.15) is 0 Å². The number of thiazole rings is 1. The lowest BCUT2D eigenvalue weighted by Gasteiger charge is -2.29. The number of hydrogen-bond donors (Lipinski definition) is 0. The Bertz CT molecular complexity index is 1060. The van der Waals surface area contributed by atoms with Gasteiger partial charge in [-0.25, -0.2) is 4.98 Å². The lowest BCUT2D eigenvalue weighted by atomic mass is 10.1. The molecule has 1 aliphatic rings. The normalized spacial score (nSPS) is 14.3. The summed E-state index contributed by atoms with van der Waals surface area (Å²) in [6.45, 7) is 4.37. The molecule has 0 N–H and O–H groups in total. The molecule has 8 nitrogen and oxygen atoms in total. The topological polar surface area (TPSA) is 73.4 Å². The number of amides is 1. The Morgan fingerprint density at radius 2 is 1.72 bits per heavy atom. The van der Waals surface area contributed by atoms with E-state index in [1.807, 2.05) is 18.2 Å². The molecular formula is C23H27N3O5S. The quantitative estimate of drug-likeness (QED) is 0.514. The fourth-order valence-electron chi connectivity index (χ4n) is 3.57. The predicted octanol–water partition coefficient (Wildman–Crippen LogP) is 3.30. The van der Waals surface area contributed by atoms with Crippen LogP contribution in [0.3, 0.4) is 0 Å². The summed E-state index contributed by atoms with van der Waals surface area (Å²) in [6, 6.07) is 10.9. The maximum absolute atomic E-state index is 13.7. The fraction of sp³-hybridized carbons (Fsp3) is 0.391. The van der Waals surface area contributed by atoms with Crippen molar-refractivity contribution in [1.82, 2.24) is 9.88 Å². The number of benzene rings is 2. The van der Waals surface area contributed by atoms with Gasteiger partial charge in [0.15, 0.2) is 5.13 Å². The summed E-state index contributed by atoms with van der Waals surface area (Å²) in [4.78, 5) is 22.4. The molecule has 170 valence electrons. The Hall–Kier alpha value is -2.88. The van der Waals surface area contributed by atoms with Crippen LogP contribution in [0, 0.1) is 0 Å². The summed E-state index contributed by atoms with van der Waals surface area (Å²) in [7, 11) is 4.78. The third kappa shape index (κ3) is 4.95. The van der Waals surface area contributed by atoms with Crippen LogP contribution < -0.4 is 19.1 Å². The van der Waals surface area contributed by atoms with Gasteiger partial charge in [0.25, 0.3) is 5.91 Å². The molecule has 9 heteroatoms. The Morgan fingerprint density at radius 3 is 2.38 bits per heavy atom. The van der Waals surface area contributed by atoms with Crippen LogP contribution >= 0.6 is 11.3 Å². The zero-order valence-corrected chi connectivity index (χ0v) is 19.3. The van der Waals surface area contributed by atoms with E-state index in [2.05, 4.69) is 4.90 Å². The van der Waals surface area contributed by atoms with Crippen molar-refractivity contribution in [3.63, 3.8) is 0 Å². The average molecular weight is 458 g/mol. The number of morpholine rings is 1. The zero-order valence-electron chi connectivity index (χ0n) is 18.5. The molecular weight excluding hydrogens is 430 g/mol. The highest BCUT2D eigenvalue weighted by molar-refractivity contribution is 7.22. The number of rotatable bonds is 8. The SMILES string of the molecule is COc1cc(OC)cc(C(=O)N(CCN2CCOCC2)c2nc3ccc(OC)cc3s2)c1. The van der Waals surface area contributed by atoms with E-state index < -0.39 is 0 Å². The predicted molar refractivity (Wildman–Crippen MR) is 125 cm³/mol. The fourth-order valence-corrected chi connectivity index (χ4v) is 4.59. The number of carbonyl (C=O) groups excluding carboxylic acids is 1. The minimum atomic E-state index is -0.151. The van der Waals surface area contributed by atoms with Crippen molar-refractivity contribution in [3.05, 3.63) is 42.0 Å². The monoisotopic (exact) mass is 457 g/mol. The molecule has 0 aliphatic carbocycles. The number of anilines is 1. The van der Waals surface area contributed by atoms with E-state index >= 15 is 0 Å². The summed E-state index contributed by atoms with van der Waals surface area (Å²) in [5, 5.41) is 0.647. The minimum Gasteiger partial charge on any atom is -0.497 e. The van der Waals surface area contributed by atoms with Gasteiger partial charge in [0.05, 0.1) is 44.8 Å². The largest absolute Gasteiger partial charge is 0.497 e. The van der Waals surface area contributed by atoms with E-state index in [0.29, 0.717) is 42.0 Å². The molecule has 0 atom stereocenters. The zero-order chi connectivity index (χ0) is 22.5. The summed E-state index contributed by atoms with van der Waals surface area (Å²) in [5.41, 5.74) is 1.32. The third-order valence-corrected chi connectivity index (χ3v) is 6.44. The van der Waals surface area contributed by atoms with Crippen molar-refractivity contribution in [3.8, 4) is 17.2 Å². The van der Waals surface area contributed by atoms with E-state index in [-0.39, 0.29) is 5.91 Å². The Morgan fingerprint density at radius 1 is 1.03 bits per heavy atom. The first kappa shape index (κ1) is 22.3. The Kier molecular flexibility index (Phi) is 7.09. The number of ether oxygens (including phenoxy) is 4. The minimum absolute atomic E-state index is 0.151. The van der Waals surface area contributed by atoms with Crippen LogP contribution in [0.15, 0.2) is 36.4 Å². The molecule has 32 heavy (non-hydrogen) atoms. The molecule has 0 unspecified atom stereocenters. The molecule has 1 aromatic heterocycles. The second kappa shape index (κ2) is 10.2. The van der Waals surface area contributed by atoms with Crippen LogP contribution in [0.5, 0.6) is 17.2 Å². The summed E-state index contributed by atoms with van der Waals surface area (Å²) >= 11 is 1.47. The first-order valence-corrected chi connectivity index (χ1v) is 11.2. The second-order valence-electron chi connectivity index (χ2n) is 7.34. The van der Waals surface area contributed by atoms with Crippen molar-refractivity contribution in [1.29, 1.82) is 0 Å². The molecule has 0 radical (unpaired) electrons. The van der Waals surface area contributed by atoms with Crippen LogP contribution in [0.4, 0.5) is 5.13 Å². The molecule has 1 amide bonds. The smallest absolute Gasteiger partial charge is 0.260 e. The Labute approximate surface area is 191 Å². The van der Waals surface area contributed by atoms with E-state index in [0.717, 1.165) is 35.6 Å². The highest BCUT2D eigenvalue weighted by atomic mass is 32.1. The van der Waals surface area contributed by atoms with Crippen LogP contribution in [-0.4, -0.2) is 76.5 Å². The van der Waals surface area contributed by atoms with Gasteiger partial charge >= 0.3 is 0 Å². The molecule has 1 aliphatic heterocycles. The third-order valence-electron chi connectivity index (χ3n) is 5.40. The van der Waals surface area contributed by atoms with Crippen LogP contribution in [0.1, 0.15) is 10.4 Å². The molecule has 1 saturated heterocycles. The summed E-state index contributed by atoms with van der Waals surface area (Å²) < 4.78 is 22.5. The van der Waals surface area contributed by atoms with Crippen molar-refractivity contribution in [2.75, 3.05) is 65.6 Å². The molecule has 2 aromatic carbocycles. The number of hydrogen-bond acceptors (Lipinski definition) is 8. The van der Waals surface area contributed by atoms with E-state index in [9.17, 15) is 4.79 Å². The lowest BCUT2D eigenvalue weighted by molar-refractivity contribution is 0.0391.